The molecule has 0 aliphatic heterocycles. The standard InChI is InChI=1S/C13H9N3O3Se/c1-19-9-4-2-8(3-5-9)10-6-7-11(16(17)18)13-12(10)14-20-15-13/h2-7H,1H3. The van der Waals surface area contributed by atoms with Crippen LogP contribution in [0, 0.1) is 10.1 Å². The SMILES string of the molecule is COc1ccc(-c2ccc([N+](=O)[O-])c3n[se]nc23)cc1. The van der Waals surface area contributed by atoms with E-state index >= 15 is 0 Å². The first-order valence-electron chi connectivity index (χ1n) is 5.75. The molecule has 2 aromatic carbocycles. The van der Waals surface area contributed by atoms with E-state index in [-0.39, 0.29) is 20.6 Å². The minimum atomic E-state index is -0.420. The number of nitro benzene ring substituents is 1. The summed E-state index contributed by atoms with van der Waals surface area (Å²) in [7, 11) is 1.61. The number of benzene rings is 2. The number of hydrogen-bond acceptors (Lipinski definition) is 5. The van der Waals surface area contributed by atoms with Crippen molar-refractivity contribution >= 4 is 31.7 Å². The second-order valence-electron chi connectivity index (χ2n) is 4.08. The molecule has 0 saturated carbocycles. The third-order valence-corrected chi connectivity index (χ3v) is 4.10. The molecule has 0 radical (unpaired) electrons. The van der Waals surface area contributed by atoms with E-state index in [1.807, 2.05) is 24.3 Å². The average molecular weight is 334 g/mol. The molecule has 0 atom stereocenters. The summed E-state index contributed by atoms with van der Waals surface area (Å²) in [6.07, 6.45) is 0. The van der Waals surface area contributed by atoms with Crippen molar-refractivity contribution in [3.8, 4) is 16.9 Å². The first kappa shape index (κ1) is 12.8. The van der Waals surface area contributed by atoms with Crippen molar-refractivity contribution in [2.24, 2.45) is 0 Å². The Bertz CT molecular complexity index is 783. The summed E-state index contributed by atoms with van der Waals surface area (Å²) >= 11 is -0.310. The molecule has 6 nitrogen and oxygen atoms in total. The van der Waals surface area contributed by atoms with Gasteiger partial charge in [-0.15, -0.1) is 0 Å². The van der Waals surface area contributed by atoms with Crippen molar-refractivity contribution in [1.29, 1.82) is 0 Å². The number of ether oxygens (including phenoxy) is 1. The number of hydrogen-bond donors (Lipinski definition) is 0. The van der Waals surface area contributed by atoms with Crippen LogP contribution in [0.15, 0.2) is 36.4 Å². The normalized spacial score (nSPS) is 10.7. The van der Waals surface area contributed by atoms with E-state index in [2.05, 4.69) is 7.96 Å². The van der Waals surface area contributed by atoms with Crippen molar-refractivity contribution in [2.75, 3.05) is 7.11 Å². The van der Waals surface area contributed by atoms with Crippen LogP contribution in [0.3, 0.4) is 0 Å². The first-order valence-corrected chi connectivity index (χ1v) is 7.28. The van der Waals surface area contributed by atoms with Crippen molar-refractivity contribution in [2.45, 2.75) is 0 Å². The van der Waals surface area contributed by atoms with Crippen LogP contribution in [0.25, 0.3) is 22.2 Å². The Hall–Kier alpha value is -2.24. The van der Waals surface area contributed by atoms with E-state index in [1.54, 1.807) is 13.2 Å². The summed E-state index contributed by atoms with van der Waals surface area (Å²) in [6, 6.07) is 10.7. The van der Waals surface area contributed by atoms with Gasteiger partial charge < -0.3 is 0 Å². The molecule has 7 heteroatoms. The average Bonchev–Trinajstić information content (AvgIpc) is 2.95. The number of aromatic nitrogens is 2. The number of non-ortho nitro benzene ring substituents is 1. The molecule has 3 aromatic rings. The zero-order chi connectivity index (χ0) is 14.1. The molecule has 3 rings (SSSR count). The summed E-state index contributed by atoms with van der Waals surface area (Å²) in [5.41, 5.74) is 2.82. The zero-order valence-corrected chi connectivity index (χ0v) is 12.2. The maximum atomic E-state index is 11.0. The molecule has 0 fully saturated rings. The van der Waals surface area contributed by atoms with Gasteiger partial charge in [0.25, 0.3) is 0 Å². The van der Waals surface area contributed by atoms with Gasteiger partial charge in [-0.1, -0.05) is 0 Å². The van der Waals surface area contributed by atoms with E-state index in [4.69, 9.17) is 4.74 Å². The summed E-state index contributed by atoms with van der Waals surface area (Å²) in [5, 5.41) is 11.0. The van der Waals surface area contributed by atoms with Gasteiger partial charge in [-0.3, -0.25) is 0 Å². The Morgan fingerprint density at radius 3 is 2.45 bits per heavy atom. The number of rotatable bonds is 3. The quantitative estimate of drug-likeness (QED) is 0.417. The third kappa shape index (κ3) is 2.07. The van der Waals surface area contributed by atoms with Gasteiger partial charge in [-0.05, 0) is 0 Å². The van der Waals surface area contributed by atoms with Crippen LogP contribution in [0.4, 0.5) is 5.69 Å². The van der Waals surface area contributed by atoms with Crippen LogP contribution in [0.5, 0.6) is 5.75 Å². The predicted molar refractivity (Wildman–Crippen MR) is 75.1 cm³/mol. The van der Waals surface area contributed by atoms with Gasteiger partial charge in [0, 0.05) is 0 Å². The fourth-order valence-electron chi connectivity index (χ4n) is 2.00. The van der Waals surface area contributed by atoms with Crippen LogP contribution in [-0.4, -0.2) is 35.0 Å². The van der Waals surface area contributed by atoms with E-state index in [9.17, 15) is 10.1 Å². The van der Waals surface area contributed by atoms with E-state index in [1.165, 1.54) is 6.07 Å². The van der Waals surface area contributed by atoms with Crippen molar-refractivity contribution in [3.63, 3.8) is 0 Å². The molecule has 0 amide bonds. The van der Waals surface area contributed by atoms with Crippen LogP contribution in [0.2, 0.25) is 0 Å². The molecule has 0 bridgehead atoms. The predicted octanol–water partition coefficient (Wildman–Crippen LogP) is 2.27. The van der Waals surface area contributed by atoms with E-state index in [0.717, 1.165) is 16.9 Å². The van der Waals surface area contributed by atoms with Gasteiger partial charge in [0.2, 0.25) is 0 Å². The molecule has 0 spiro atoms. The molecule has 0 aliphatic rings. The molecular formula is C13H9N3O3Se. The number of nitrogens with zero attached hydrogens (tertiary/aromatic N) is 3. The van der Waals surface area contributed by atoms with E-state index < -0.39 is 4.92 Å². The molecular weight excluding hydrogens is 325 g/mol. The van der Waals surface area contributed by atoms with Crippen molar-refractivity contribution in [1.82, 2.24) is 7.96 Å². The Morgan fingerprint density at radius 1 is 1.10 bits per heavy atom. The first-order chi connectivity index (χ1) is 9.70. The Kier molecular flexibility index (Phi) is 3.21. The van der Waals surface area contributed by atoms with Gasteiger partial charge in [-0.25, -0.2) is 0 Å². The summed E-state index contributed by atoms with van der Waals surface area (Å²) in [6.45, 7) is 0. The monoisotopic (exact) mass is 335 g/mol. The molecule has 0 unspecified atom stereocenters. The van der Waals surface area contributed by atoms with Gasteiger partial charge in [0.1, 0.15) is 0 Å². The Morgan fingerprint density at radius 2 is 1.80 bits per heavy atom. The topological polar surface area (TPSA) is 78.2 Å². The van der Waals surface area contributed by atoms with Gasteiger partial charge in [0.15, 0.2) is 0 Å². The summed E-state index contributed by atoms with van der Waals surface area (Å²) < 4.78 is 13.6. The molecule has 1 heterocycles. The molecule has 1 aromatic heterocycles. The molecule has 0 aliphatic carbocycles. The summed E-state index contributed by atoms with van der Waals surface area (Å²) in [5.74, 6) is 0.762. The molecule has 0 saturated heterocycles. The Labute approximate surface area is 120 Å². The molecule has 0 N–H and O–H groups in total. The third-order valence-electron chi connectivity index (χ3n) is 2.99. The molecule has 100 valence electrons. The fraction of sp³-hybridized carbons (Fsp3) is 0.0769. The van der Waals surface area contributed by atoms with Crippen molar-refractivity contribution in [3.05, 3.63) is 46.5 Å². The molecule has 20 heavy (non-hydrogen) atoms. The summed E-state index contributed by atoms with van der Waals surface area (Å²) in [4.78, 5) is 10.6. The Balaban J connectivity index is 2.19. The van der Waals surface area contributed by atoms with Gasteiger partial charge in [-0.2, -0.15) is 0 Å². The number of nitro groups is 1. The number of methoxy groups -OCH3 is 1. The second kappa shape index (κ2) is 5.03. The maximum absolute atomic E-state index is 11.0. The van der Waals surface area contributed by atoms with Crippen LogP contribution in [0.1, 0.15) is 0 Å². The van der Waals surface area contributed by atoms with Crippen LogP contribution in [-0.2, 0) is 0 Å². The second-order valence-corrected chi connectivity index (χ2v) is 5.19. The van der Waals surface area contributed by atoms with Gasteiger partial charge in [0.05, 0.1) is 0 Å². The van der Waals surface area contributed by atoms with Crippen molar-refractivity contribution < 1.29 is 9.66 Å². The van der Waals surface area contributed by atoms with E-state index in [0.29, 0.717) is 11.0 Å². The fourth-order valence-corrected chi connectivity index (χ4v) is 3.20. The zero-order valence-electron chi connectivity index (χ0n) is 10.4. The van der Waals surface area contributed by atoms with Crippen LogP contribution < -0.4 is 4.74 Å². The van der Waals surface area contributed by atoms with Gasteiger partial charge >= 0.3 is 120 Å². The number of fused-ring (bicyclic) bond motifs is 1. The minimum absolute atomic E-state index is 0.0142. The van der Waals surface area contributed by atoms with Crippen LogP contribution >= 0.6 is 0 Å².